The molecule has 0 aliphatic rings. The van der Waals surface area contributed by atoms with Crippen molar-refractivity contribution < 1.29 is 18.3 Å². The maximum Gasteiger partial charge on any atom is 0.277 e. The first-order valence-corrected chi connectivity index (χ1v) is 5.97. The van der Waals surface area contributed by atoms with Gasteiger partial charge in [0.2, 0.25) is 0 Å². The molecule has 1 rings (SSSR count). The molecular formula is C13H18F2N2O2. The number of ether oxygens (including phenoxy) is 1. The largest absolute Gasteiger partial charge is 0.491 e. The number of nitrogens with one attached hydrogen (secondary N) is 1. The predicted molar refractivity (Wildman–Crippen MR) is 68.5 cm³/mol. The molecule has 19 heavy (non-hydrogen) atoms. The maximum atomic E-state index is 12.9. The van der Waals surface area contributed by atoms with Crippen LogP contribution in [0.5, 0.6) is 5.75 Å². The second kappa shape index (κ2) is 6.47. The molecule has 0 spiro atoms. The van der Waals surface area contributed by atoms with E-state index in [1.54, 1.807) is 12.1 Å². The van der Waals surface area contributed by atoms with Crippen LogP contribution in [0.4, 0.5) is 8.78 Å². The van der Waals surface area contributed by atoms with Crippen LogP contribution in [0, 0.1) is 0 Å². The molecule has 1 aromatic rings. The number of hydrogen-bond donors (Lipinski definition) is 2. The van der Waals surface area contributed by atoms with Gasteiger partial charge < -0.3 is 15.8 Å². The van der Waals surface area contributed by atoms with Crippen molar-refractivity contribution in [3.8, 4) is 5.75 Å². The molecule has 0 unspecified atom stereocenters. The Morgan fingerprint density at radius 1 is 1.47 bits per heavy atom. The SMILES string of the molecule is CC(C)Oc1cccc(C(=O)NCC(F)(F)CN)c1. The van der Waals surface area contributed by atoms with Gasteiger partial charge >= 0.3 is 0 Å². The fraction of sp³-hybridized carbons (Fsp3) is 0.462. The number of carbonyl (C=O) groups is 1. The van der Waals surface area contributed by atoms with Gasteiger partial charge in [-0.15, -0.1) is 0 Å². The van der Waals surface area contributed by atoms with Crippen molar-refractivity contribution in [2.45, 2.75) is 25.9 Å². The minimum Gasteiger partial charge on any atom is -0.491 e. The Morgan fingerprint density at radius 2 is 2.16 bits per heavy atom. The minimum atomic E-state index is -3.10. The van der Waals surface area contributed by atoms with E-state index in [1.807, 2.05) is 13.8 Å². The Hall–Kier alpha value is -1.69. The lowest BCUT2D eigenvalue weighted by Crippen LogP contribution is -2.41. The summed E-state index contributed by atoms with van der Waals surface area (Å²) in [6.07, 6.45) is -0.0279. The maximum absolute atomic E-state index is 12.9. The minimum absolute atomic E-state index is 0.0279. The summed E-state index contributed by atoms with van der Waals surface area (Å²) in [4.78, 5) is 11.7. The van der Waals surface area contributed by atoms with E-state index in [4.69, 9.17) is 10.5 Å². The lowest BCUT2D eigenvalue weighted by atomic mass is 10.2. The average molecular weight is 272 g/mol. The van der Waals surface area contributed by atoms with Gasteiger partial charge in [-0.05, 0) is 32.0 Å². The highest BCUT2D eigenvalue weighted by Gasteiger charge is 2.27. The van der Waals surface area contributed by atoms with Crippen molar-refractivity contribution in [3.63, 3.8) is 0 Å². The van der Waals surface area contributed by atoms with Gasteiger partial charge in [0, 0.05) is 5.56 Å². The molecule has 1 aromatic carbocycles. The molecular weight excluding hydrogens is 254 g/mol. The first-order chi connectivity index (χ1) is 8.84. The zero-order chi connectivity index (χ0) is 14.5. The smallest absolute Gasteiger partial charge is 0.277 e. The normalized spacial score (nSPS) is 11.5. The molecule has 0 fully saturated rings. The molecule has 4 nitrogen and oxygen atoms in total. The zero-order valence-electron chi connectivity index (χ0n) is 11.0. The van der Waals surface area contributed by atoms with Gasteiger partial charge in [-0.3, -0.25) is 4.79 Å². The number of amides is 1. The lowest BCUT2D eigenvalue weighted by molar-refractivity contribution is 0.0118. The summed E-state index contributed by atoms with van der Waals surface area (Å²) in [5.74, 6) is -3.16. The molecule has 0 aromatic heterocycles. The van der Waals surface area contributed by atoms with Crippen molar-refractivity contribution in [2.24, 2.45) is 5.73 Å². The molecule has 106 valence electrons. The van der Waals surface area contributed by atoms with Crippen molar-refractivity contribution in [3.05, 3.63) is 29.8 Å². The number of benzene rings is 1. The van der Waals surface area contributed by atoms with Gasteiger partial charge in [0.15, 0.2) is 0 Å². The van der Waals surface area contributed by atoms with E-state index in [0.717, 1.165) is 0 Å². The summed E-state index contributed by atoms with van der Waals surface area (Å²) in [6.45, 7) is 2.13. The molecule has 0 saturated heterocycles. The average Bonchev–Trinajstić information content (AvgIpc) is 2.35. The van der Waals surface area contributed by atoms with Crippen LogP contribution in [0.25, 0.3) is 0 Å². The number of carbonyl (C=O) groups excluding carboxylic acids is 1. The topological polar surface area (TPSA) is 64.3 Å². The van der Waals surface area contributed by atoms with E-state index in [2.05, 4.69) is 5.32 Å². The first kappa shape index (κ1) is 15.4. The summed E-state index contributed by atoms with van der Waals surface area (Å²) >= 11 is 0. The Kier molecular flexibility index (Phi) is 5.23. The number of nitrogens with two attached hydrogens (primary N) is 1. The van der Waals surface area contributed by atoms with Gasteiger partial charge in [0.1, 0.15) is 5.75 Å². The summed E-state index contributed by atoms with van der Waals surface area (Å²) in [5, 5.41) is 2.15. The summed E-state index contributed by atoms with van der Waals surface area (Å²) in [6, 6.07) is 6.37. The Morgan fingerprint density at radius 3 is 2.74 bits per heavy atom. The third-order valence-electron chi connectivity index (χ3n) is 2.27. The number of alkyl halides is 2. The number of hydrogen-bond acceptors (Lipinski definition) is 3. The molecule has 0 bridgehead atoms. The highest BCUT2D eigenvalue weighted by molar-refractivity contribution is 5.94. The van der Waals surface area contributed by atoms with Crippen LogP contribution < -0.4 is 15.8 Å². The molecule has 0 saturated carbocycles. The van der Waals surface area contributed by atoms with Gasteiger partial charge in [-0.2, -0.15) is 0 Å². The molecule has 1 amide bonds. The van der Waals surface area contributed by atoms with E-state index < -0.39 is 24.9 Å². The van der Waals surface area contributed by atoms with Crippen LogP contribution in [-0.4, -0.2) is 31.0 Å². The monoisotopic (exact) mass is 272 g/mol. The van der Waals surface area contributed by atoms with Crippen LogP contribution in [0.15, 0.2) is 24.3 Å². The second-order valence-corrected chi connectivity index (χ2v) is 4.44. The fourth-order valence-corrected chi connectivity index (χ4v) is 1.37. The summed E-state index contributed by atoms with van der Waals surface area (Å²) in [5.41, 5.74) is 5.16. The second-order valence-electron chi connectivity index (χ2n) is 4.44. The zero-order valence-corrected chi connectivity index (χ0v) is 11.0. The molecule has 6 heteroatoms. The van der Waals surface area contributed by atoms with E-state index in [-0.39, 0.29) is 11.7 Å². The van der Waals surface area contributed by atoms with Crippen molar-refractivity contribution in [1.82, 2.24) is 5.32 Å². The molecule has 0 atom stereocenters. The molecule has 3 N–H and O–H groups in total. The van der Waals surface area contributed by atoms with Crippen LogP contribution >= 0.6 is 0 Å². The quantitative estimate of drug-likeness (QED) is 0.830. The first-order valence-electron chi connectivity index (χ1n) is 5.97. The summed E-state index contributed by atoms with van der Waals surface area (Å²) in [7, 11) is 0. The molecule has 0 aliphatic heterocycles. The fourth-order valence-electron chi connectivity index (χ4n) is 1.37. The van der Waals surface area contributed by atoms with Crippen LogP contribution in [0.3, 0.4) is 0 Å². The van der Waals surface area contributed by atoms with E-state index >= 15 is 0 Å². The van der Waals surface area contributed by atoms with Crippen LogP contribution in [-0.2, 0) is 0 Å². The Labute approximate surface area is 110 Å². The van der Waals surface area contributed by atoms with E-state index in [9.17, 15) is 13.6 Å². The molecule has 0 heterocycles. The molecule has 0 radical (unpaired) electrons. The van der Waals surface area contributed by atoms with Crippen molar-refractivity contribution in [2.75, 3.05) is 13.1 Å². The highest BCUT2D eigenvalue weighted by Crippen LogP contribution is 2.15. The Bertz CT molecular complexity index is 436. The van der Waals surface area contributed by atoms with Crippen LogP contribution in [0.2, 0.25) is 0 Å². The molecule has 0 aliphatic carbocycles. The van der Waals surface area contributed by atoms with Gasteiger partial charge in [0.25, 0.3) is 11.8 Å². The van der Waals surface area contributed by atoms with E-state index in [1.165, 1.54) is 12.1 Å². The lowest BCUT2D eigenvalue weighted by Gasteiger charge is -2.15. The predicted octanol–water partition coefficient (Wildman–Crippen LogP) is 1.80. The highest BCUT2D eigenvalue weighted by atomic mass is 19.3. The third kappa shape index (κ3) is 5.21. The number of halogens is 2. The van der Waals surface area contributed by atoms with Crippen molar-refractivity contribution in [1.29, 1.82) is 0 Å². The Balaban J connectivity index is 2.67. The van der Waals surface area contributed by atoms with Crippen LogP contribution in [0.1, 0.15) is 24.2 Å². The third-order valence-corrected chi connectivity index (χ3v) is 2.27. The van der Waals surface area contributed by atoms with E-state index in [0.29, 0.717) is 5.75 Å². The summed E-state index contributed by atoms with van der Waals surface area (Å²) < 4.78 is 31.3. The van der Waals surface area contributed by atoms with Gasteiger partial charge in [-0.25, -0.2) is 8.78 Å². The number of rotatable bonds is 6. The van der Waals surface area contributed by atoms with Crippen molar-refractivity contribution >= 4 is 5.91 Å². The van der Waals surface area contributed by atoms with Gasteiger partial charge in [-0.1, -0.05) is 6.07 Å². The standard InChI is InChI=1S/C13H18F2N2O2/c1-9(2)19-11-5-3-4-10(6-11)12(18)17-8-13(14,15)7-16/h3-6,9H,7-8,16H2,1-2H3,(H,17,18). The van der Waals surface area contributed by atoms with Gasteiger partial charge in [0.05, 0.1) is 19.2 Å².